The number of halogens is 1. The van der Waals surface area contributed by atoms with Crippen molar-refractivity contribution in [1.29, 1.82) is 0 Å². The van der Waals surface area contributed by atoms with Crippen molar-refractivity contribution < 1.29 is 9.53 Å². The summed E-state index contributed by atoms with van der Waals surface area (Å²) in [5, 5.41) is 2.96. The van der Waals surface area contributed by atoms with E-state index in [4.69, 9.17) is 28.5 Å². The van der Waals surface area contributed by atoms with Gasteiger partial charge in [-0.25, -0.2) is 0 Å². The fourth-order valence-electron chi connectivity index (χ4n) is 1.36. The van der Waals surface area contributed by atoms with Gasteiger partial charge in [0.1, 0.15) is 5.75 Å². The Balaban J connectivity index is 2.78. The smallest absolute Gasteiger partial charge is 0.261 e. The Morgan fingerprint density at radius 2 is 2.39 bits per heavy atom. The minimum atomic E-state index is -0.691. The van der Waals surface area contributed by atoms with Crippen molar-refractivity contribution in [3.05, 3.63) is 28.8 Å². The SMILES string of the molecule is C#CCNC(=O)C(C)Oc1c(Cl)cccc1CN. The minimum Gasteiger partial charge on any atom is -0.479 e. The van der Waals surface area contributed by atoms with Gasteiger partial charge in [-0.1, -0.05) is 29.7 Å². The fourth-order valence-corrected chi connectivity index (χ4v) is 1.60. The van der Waals surface area contributed by atoms with Gasteiger partial charge in [-0.05, 0) is 13.0 Å². The summed E-state index contributed by atoms with van der Waals surface area (Å²) in [4.78, 5) is 11.6. The van der Waals surface area contributed by atoms with Gasteiger partial charge in [0.2, 0.25) is 0 Å². The number of terminal acetylenes is 1. The second-order valence-corrected chi connectivity index (χ2v) is 4.02. The summed E-state index contributed by atoms with van der Waals surface area (Å²) in [6.45, 7) is 2.07. The van der Waals surface area contributed by atoms with Gasteiger partial charge in [0, 0.05) is 12.1 Å². The third-order valence-corrected chi connectivity index (χ3v) is 2.59. The highest BCUT2D eigenvalue weighted by atomic mass is 35.5. The highest BCUT2D eigenvalue weighted by molar-refractivity contribution is 6.32. The number of hydrogen-bond acceptors (Lipinski definition) is 3. The zero-order chi connectivity index (χ0) is 13.5. The lowest BCUT2D eigenvalue weighted by Gasteiger charge is -2.17. The molecule has 0 saturated carbocycles. The molecule has 5 heteroatoms. The quantitative estimate of drug-likeness (QED) is 0.790. The molecule has 1 atom stereocenters. The van der Waals surface area contributed by atoms with E-state index in [0.717, 1.165) is 5.56 Å². The lowest BCUT2D eigenvalue weighted by molar-refractivity contribution is -0.127. The summed E-state index contributed by atoms with van der Waals surface area (Å²) < 4.78 is 5.53. The molecular weight excluding hydrogens is 252 g/mol. The molecule has 0 spiro atoms. The Bertz CT molecular complexity index is 469. The maximum atomic E-state index is 11.6. The van der Waals surface area contributed by atoms with Crippen molar-refractivity contribution in [1.82, 2.24) is 5.32 Å². The molecule has 0 saturated heterocycles. The van der Waals surface area contributed by atoms with Crippen LogP contribution in [0.1, 0.15) is 12.5 Å². The summed E-state index contributed by atoms with van der Waals surface area (Å²) >= 11 is 6.02. The number of nitrogens with one attached hydrogen (secondary N) is 1. The molecule has 1 amide bonds. The summed E-state index contributed by atoms with van der Waals surface area (Å²) in [6, 6.07) is 5.26. The van der Waals surface area contributed by atoms with Crippen LogP contribution in [0.25, 0.3) is 0 Å². The van der Waals surface area contributed by atoms with E-state index >= 15 is 0 Å². The van der Waals surface area contributed by atoms with Crippen molar-refractivity contribution in [3.8, 4) is 18.1 Å². The predicted molar refractivity (Wildman–Crippen MR) is 71.3 cm³/mol. The van der Waals surface area contributed by atoms with Crippen LogP contribution in [0.2, 0.25) is 5.02 Å². The second-order valence-electron chi connectivity index (χ2n) is 3.61. The molecule has 18 heavy (non-hydrogen) atoms. The molecule has 0 aliphatic rings. The first-order chi connectivity index (χ1) is 8.60. The van der Waals surface area contributed by atoms with Crippen molar-refractivity contribution in [2.75, 3.05) is 6.54 Å². The van der Waals surface area contributed by atoms with Gasteiger partial charge in [-0.2, -0.15) is 0 Å². The number of ether oxygens (including phenoxy) is 1. The largest absolute Gasteiger partial charge is 0.479 e. The van der Waals surface area contributed by atoms with Crippen LogP contribution < -0.4 is 15.8 Å². The standard InChI is InChI=1S/C13H15ClN2O2/c1-3-7-16-13(17)9(2)18-12-10(8-15)5-4-6-11(12)14/h1,4-6,9H,7-8,15H2,2H3,(H,16,17). The van der Waals surface area contributed by atoms with Gasteiger partial charge in [-0.3, -0.25) is 4.79 Å². The molecule has 1 aromatic rings. The van der Waals surface area contributed by atoms with Crippen LogP contribution in [0.15, 0.2) is 18.2 Å². The van der Waals surface area contributed by atoms with Gasteiger partial charge in [0.05, 0.1) is 11.6 Å². The molecule has 0 bridgehead atoms. The zero-order valence-electron chi connectivity index (χ0n) is 10.1. The molecule has 0 aliphatic carbocycles. The van der Waals surface area contributed by atoms with Crippen LogP contribution in [0, 0.1) is 12.3 Å². The molecule has 96 valence electrons. The lowest BCUT2D eigenvalue weighted by Crippen LogP contribution is -2.36. The molecule has 0 fully saturated rings. The molecule has 0 aliphatic heterocycles. The van der Waals surface area contributed by atoms with Gasteiger partial charge in [0.15, 0.2) is 6.10 Å². The first-order valence-electron chi connectivity index (χ1n) is 5.45. The molecule has 0 radical (unpaired) electrons. The molecule has 1 rings (SSSR count). The topological polar surface area (TPSA) is 64.3 Å². The lowest BCUT2D eigenvalue weighted by atomic mass is 10.2. The van der Waals surface area contributed by atoms with Gasteiger partial charge < -0.3 is 15.8 Å². The Morgan fingerprint density at radius 3 is 3.00 bits per heavy atom. The van der Waals surface area contributed by atoms with E-state index in [2.05, 4.69) is 11.2 Å². The minimum absolute atomic E-state index is 0.165. The predicted octanol–water partition coefficient (Wildman–Crippen LogP) is 1.32. The van der Waals surface area contributed by atoms with E-state index in [0.29, 0.717) is 10.8 Å². The van der Waals surface area contributed by atoms with E-state index in [1.54, 1.807) is 25.1 Å². The van der Waals surface area contributed by atoms with Gasteiger partial charge in [0.25, 0.3) is 5.91 Å². The zero-order valence-corrected chi connectivity index (χ0v) is 10.8. The maximum Gasteiger partial charge on any atom is 0.261 e. The summed E-state index contributed by atoms with van der Waals surface area (Å²) in [5.41, 5.74) is 6.33. The molecule has 0 aromatic heterocycles. The number of carbonyl (C=O) groups excluding carboxylic acids is 1. The summed E-state index contributed by atoms with van der Waals surface area (Å²) in [6.07, 6.45) is 4.36. The Labute approximate surface area is 111 Å². The van der Waals surface area contributed by atoms with E-state index < -0.39 is 6.10 Å². The molecule has 0 heterocycles. The Kier molecular flexibility index (Phi) is 5.50. The first kappa shape index (κ1) is 14.4. The molecular formula is C13H15ClN2O2. The van der Waals surface area contributed by atoms with Crippen LogP contribution in [0.3, 0.4) is 0 Å². The number of rotatable bonds is 5. The number of hydrogen-bond donors (Lipinski definition) is 2. The van der Waals surface area contributed by atoms with Crippen molar-refractivity contribution in [3.63, 3.8) is 0 Å². The van der Waals surface area contributed by atoms with Crippen molar-refractivity contribution in [2.24, 2.45) is 5.73 Å². The fraction of sp³-hybridized carbons (Fsp3) is 0.308. The van der Waals surface area contributed by atoms with E-state index in [1.165, 1.54) is 0 Å². The molecule has 1 aromatic carbocycles. The van der Waals surface area contributed by atoms with Crippen molar-refractivity contribution >= 4 is 17.5 Å². The monoisotopic (exact) mass is 266 g/mol. The third-order valence-electron chi connectivity index (χ3n) is 2.30. The van der Waals surface area contributed by atoms with Crippen LogP contribution in [0.4, 0.5) is 0 Å². The number of amides is 1. The van der Waals surface area contributed by atoms with Gasteiger partial charge >= 0.3 is 0 Å². The summed E-state index contributed by atoms with van der Waals surface area (Å²) in [5.74, 6) is 2.46. The highest BCUT2D eigenvalue weighted by Gasteiger charge is 2.17. The number of carbonyl (C=O) groups is 1. The van der Waals surface area contributed by atoms with Crippen LogP contribution in [-0.4, -0.2) is 18.6 Å². The van der Waals surface area contributed by atoms with E-state index in [1.807, 2.05) is 0 Å². The third kappa shape index (κ3) is 3.66. The van der Waals surface area contributed by atoms with E-state index in [-0.39, 0.29) is 19.0 Å². The van der Waals surface area contributed by atoms with E-state index in [9.17, 15) is 4.79 Å². The first-order valence-corrected chi connectivity index (χ1v) is 5.83. The van der Waals surface area contributed by atoms with Crippen LogP contribution >= 0.6 is 11.6 Å². The van der Waals surface area contributed by atoms with Gasteiger partial charge in [-0.15, -0.1) is 6.42 Å². The number of benzene rings is 1. The molecule has 1 unspecified atom stereocenters. The highest BCUT2D eigenvalue weighted by Crippen LogP contribution is 2.29. The average molecular weight is 267 g/mol. The normalized spacial score (nSPS) is 11.4. The second kappa shape index (κ2) is 6.90. The average Bonchev–Trinajstić information content (AvgIpc) is 2.38. The van der Waals surface area contributed by atoms with Crippen LogP contribution in [-0.2, 0) is 11.3 Å². The molecule has 3 N–H and O–H groups in total. The Hall–Kier alpha value is -1.70. The number of nitrogens with two attached hydrogens (primary N) is 1. The van der Waals surface area contributed by atoms with Crippen LogP contribution in [0.5, 0.6) is 5.75 Å². The molecule has 4 nitrogen and oxygen atoms in total. The summed E-state index contributed by atoms with van der Waals surface area (Å²) in [7, 11) is 0. The Morgan fingerprint density at radius 1 is 1.67 bits per heavy atom. The maximum absolute atomic E-state index is 11.6. The number of para-hydroxylation sites is 1. The van der Waals surface area contributed by atoms with Crippen molar-refractivity contribution in [2.45, 2.75) is 19.6 Å².